The van der Waals surface area contributed by atoms with Gasteiger partial charge in [0.1, 0.15) is 0 Å². The summed E-state index contributed by atoms with van der Waals surface area (Å²) in [6, 6.07) is 21.3. The molecule has 10 heteroatoms. The lowest BCUT2D eigenvalue weighted by atomic mass is 9.91. The van der Waals surface area contributed by atoms with Crippen molar-refractivity contribution in [2.24, 2.45) is 0 Å². The van der Waals surface area contributed by atoms with Gasteiger partial charge in [-0.25, -0.2) is 23.4 Å². The highest BCUT2D eigenvalue weighted by Gasteiger charge is 2.34. The lowest BCUT2D eigenvalue weighted by Crippen LogP contribution is -2.29. The highest BCUT2D eigenvalue weighted by Crippen LogP contribution is 2.42. The first-order chi connectivity index (χ1) is 23.4. The first kappa shape index (κ1) is 32.2. The number of carboxylic acids is 1. The fourth-order valence-electron chi connectivity index (χ4n) is 6.71. The average molecular weight is 660 g/mol. The van der Waals surface area contributed by atoms with Gasteiger partial charge in [-0.1, -0.05) is 36.4 Å². The smallest absolute Gasteiger partial charge is 0.337 e. The van der Waals surface area contributed by atoms with E-state index in [4.69, 9.17) is 19.6 Å². The third-order valence-corrected chi connectivity index (χ3v) is 8.96. The fourth-order valence-corrected chi connectivity index (χ4v) is 6.71. The van der Waals surface area contributed by atoms with Crippen LogP contribution in [0.2, 0.25) is 0 Å². The molecule has 250 valence electrons. The minimum atomic E-state index is -1.39. The number of carbonyl (C=O) groups is 1. The Labute approximate surface area is 284 Å². The van der Waals surface area contributed by atoms with E-state index in [2.05, 4.69) is 11.2 Å². The highest BCUT2D eigenvalue weighted by atomic mass is 19.1. The molecule has 0 amide bonds. The molecule has 1 atom stereocenters. The molecule has 1 aliphatic heterocycles. The number of aryl methyl sites for hydroxylation is 1. The second-order valence-electron chi connectivity index (χ2n) is 13.5. The third-order valence-electron chi connectivity index (χ3n) is 8.96. The second kappa shape index (κ2) is 12.3. The zero-order valence-corrected chi connectivity index (χ0v) is 28.4. The number of halogens is 1. The van der Waals surface area contributed by atoms with Crippen LogP contribution in [0, 0.1) is 26.6 Å². The van der Waals surface area contributed by atoms with E-state index in [1.807, 2.05) is 79.3 Å². The first-order valence-electron chi connectivity index (χ1n) is 16.4. The number of ether oxygens (including phenoxy) is 2. The molecule has 1 N–H and O–H groups in total. The predicted molar refractivity (Wildman–Crippen MR) is 186 cm³/mol. The minimum absolute atomic E-state index is 0.251. The van der Waals surface area contributed by atoms with Crippen LogP contribution in [0.1, 0.15) is 61.4 Å². The van der Waals surface area contributed by atoms with Gasteiger partial charge < -0.3 is 14.6 Å². The van der Waals surface area contributed by atoms with Crippen molar-refractivity contribution in [3.63, 3.8) is 0 Å². The van der Waals surface area contributed by atoms with Crippen molar-refractivity contribution in [1.82, 2.24) is 24.4 Å². The van der Waals surface area contributed by atoms with E-state index in [1.165, 1.54) is 6.07 Å². The molecule has 7 rings (SSSR count). The number of nitrogens with zero attached hydrogens (tertiary/aromatic N) is 5. The number of benzene rings is 3. The topological polar surface area (TPSA) is 104 Å². The maximum absolute atomic E-state index is 15.8. The van der Waals surface area contributed by atoms with Crippen molar-refractivity contribution >= 4 is 11.6 Å². The molecule has 3 aromatic carbocycles. The average Bonchev–Trinajstić information content (AvgIpc) is 3.68. The van der Waals surface area contributed by atoms with Crippen molar-refractivity contribution in [2.75, 3.05) is 6.61 Å². The molecule has 0 spiro atoms. The van der Waals surface area contributed by atoms with Crippen molar-refractivity contribution in [1.29, 1.82) is 0 Å². The first-order valence-corrected chi connectivity index (χ1v) is 16.4. The molecule has 3 aromatic heterocycles. The number of carboxylic acid groups (broad SMARTS) is 1. The number of aromatic nitrogens is 5. The Morgan fingerprint density at radius 3 is 2.49 bits per heavy atom. The second-order valence-corrected chi connectivity index (χ2v) is 13.5. The van der Waals surface area contributed by atoms with Gasteiger partial charge in [-0.15, -0.1) is 0 Å². The monoisotopic (exact) mass is 659 g/mol. The van der Waals surface area contributed by atoms with Crippen LogP contribution in [0.4, 0.5) is 4.39 Å². The molecule has 9 nitrogen and oxygen atoms in total. The van der Waals surface area contributed by atoms with Crippen LogP contribution in [0.5, 0.6) is 5.75 Å². The molecule has 0 saturated carbocycles. The molecule has 6 aromatic rings. The molecule has 0 aliphatic carbocycles. The fraction of sp³-hybridized carbons (Fsp3) is 0.282. The van der Waals surface area contributed by atoms with Crippen LogP contribution in [-0.2, 0) is 16.0 Å². The summed E-state index contributed by atoms with van der Waals surface area (Å²) in [5.41, 5.74) is 8.37. The maximum Gasteiger partial charge on any atom is 0.337 e. The van der Waals surface area contributed by atoms with Gasteiger partial charge in [-0.2, -0.15) is 10.2 Å². The van der Waals surface area contributed by atoms with E-state index >= 15 is 4.39 Å². The van der Waals surface area contributed by atoms with E-state index < -0.39 is 23.5 Å². The van der Waals surface area contributed by atoms with E-state index in [0.717, 1.165) is 45.6 Å². The van der Waals surface area contributed by atoms with Crippen LogP contribution < -0.4 is 4.74 Å². The quantitative estimate of drug-likeness (QED) is 0.184. The van der Waals surface area contributed by atoms with Crippen LogP contribution in [0.25, 0.3) is 45.0 Å². The summed E-state index contributed by atoms with van der Waals surface area (Å²) in [5.74, 6) is -1.43. The molecular formula is C39H38FN5O4. The molecule has 1 unspecified atom stereocenters. The van der Waals surface area contributed by atoms with Crippen LogP contribution in [0.15, 0.2) is 72.9 Å². The number of hydrogen-bond donors (Lipinski definition) is 1. The van der Waals surface area contributed by atoms with Crippen LogP contribution in [-0.4, -0.2) is 47.7 Å². The number of rotatable bonds is 7. The summed E-state index contributed by atoms with van der Waals surface area (Å²) in [4.78, 5) is 17.7. The SMILES string of the molecule is Cc1nc2cc(-c3cccc(-c4cnn(-c5ccccc5)c4C)c3)nn2c(-c2cc(F)c3c(c2C)CCCO3)c1C(OC(C)(C)C)C(=O)O. The normalized spacial score (nSPS) is 13.7. The minimum Gasteiger partial charge on any atom is -0.490 e. The lowest BCUT2D eigenvalue weighted by Gasteiger charge is -2.28. The summed E-state index contributed by atoms with van der Waals surface area (Å²) >= 11 is 0. The van der Waals surface area contributed by atoms with Gasteiger partial charge in [0.05, 0.1) is 35.5 Å². The van der Waals surface area contributed by atoms with Crippen molar-refractivity contribution < 1.29 is 23.8 Å². The number of aliphatic carboxylic acids is 1. The summed E-state index contributed by atoms with van der Waals surface area (Å²) < 4.78 is 31.2. The molecular weight excluding hydrogens is 621 g/mol. The Hall–Kier alpha value is -5.35. The van der Waals surface area contributed by atoms with Gasteiger partial charge >= 0.3 is 5.97 Å². The van der Waals surface area contributed by atoms with E-state index in [1.54, 1.807) is 32.2 Å². The Balaban J connectivity index is 1.43. The summed E-state index contributed by atoms with van der Waals surface area (Å²) in [6.45, 7) is 11.6. The Bertz CT molecular complexity index is 2230. The highest BCUT2D eigenvalue weighted by molar-refractivity contribution is 5.83. The van der Waals surface area contributed by atoms with Gasteiger partial charge in [0.2, 0.25) is 0 Å². The van der Waals surface area contributed by atoms with Crippen LogP contribution >= 0.6 is 0 Å². The molecule has 4 heterocycles. The maximum atomic E-state index is 15.8. The van der Waals surface area contributed by atoms with E-state index in [0.29, 0.717) is 46.9 Å². The molecule has 49 heavy (non-hydrogen) atoms. The zero-order chi connectivity index (χ0) is 34.6. The van der Waals surface area contributed by atoms with Crippen molar-refractivity contribution in [3.8, 4) is 45.1 Å². The largest absolute Gasteiger partial charge is 0.490 e. The van der Waals surface area contributed by atoms with E-state index in [9.17, 15) is 9.90 Å². The van der Waals surface area contributed by atoms with E-state index in [-0.39, 0.29) is 5.75 Å². The standard InChI is InChI=1S/C39H38FN5O4/c1-22-28-16-11-17-48-36(28)31(40)19-29(22)35-34(37(38(46)47)49-39(4,5)6)23(2)42-33-20-32(43-45(33)35)26-13-10-12-25(18-26)30-21-41-44(24(30)3)27-14-8-7-9-15-27/h7-10,12-15,18-21,37H,11,16-17H2,1-6H3,(H,46,47). The van der Waals surface area contributed by atoms with Gasteiger partial charge in [0.15, 0.2) is 23.3 Å². The zero-order valence-electron chi connectivity index (χ0n) is 28.4. The molecule has 0 bridgehead atoms. The van der Waals surface area contributed by atoms with Gasteiger partial charge in [-0.3, -0.25) is 0 Å². The van der Waals surface area contributed by atoms with Crippen LogP contribution in [0.3, 0.4) is 0 Å². The lowest BCUT2D eigenvalue weighted by molar-refractivity contribution is -0.160. The summed E-state index contributed by atoms with van der Waals surface area (Å²) in [6.07, 6.45) is 1.87. The van der Waals surface area contributed by atoms with Gasteiger partial charge in [-0.05, 0) is 89.8 Å². The molecule has 0 saturated heterocycles. The molecule has 0 fully saturated rings. The number of fused-ring (bicyclic) bond motifs is 2. The van der Waals surface area contributed by atoms with Gasteiger partial charge in [0, 0.05) is 45.3 Å². The Morgan fingerprint density at radius 1 is 1.00 bits per heavy atom. The summed E-state index contributed by atoms with van der Waals surface area (Å²) in [7, 11) is 0. The Morgan fingerprint density at radius 2 is 1.76 bits per heavy atom. The molecule has 0 radical (unpaired) electrons. The third kappa shape index (κ3) is 5.86. The Kier molecular flexibility index (Phi) is 8.07. The molecule has 1 aliphatic rings. The van der Waals surface area contributed by atoms with Crippen molar-refractivity contribution in [3.05, 3.63) is 107 Å². The summed E-state index contributed by atoms with van der Waals surface area (Å²) in [5, 5.41) is 20.2. The number of para-hydroxylation sites is 1. The van der Waals surface area contributed by atoms with Gasteiger partial charge in [0.25, 0.3) is 0 Å². The number of hydrogen-bond acceptors (Lipinski definition) is 6. The van der Waals surface area contributed by atoms with Crippen molar-refractivity contribution in [2.45, 2.75) is 66.1 Å². The predicted octanol–water partition coefficient (Wildman–Crippen LogP) is 8.25.